The summed E-state index contributed by atoms with van der Waals surface area (Å²) in [5, 5.41) is 12.7. The highest BCUT2D eigenvalue weighted by Gasteiger charge is 2.36. The lowest BCUT2D eigenvalue weighted by atomic mass is 10.0. The Hall–Kier alpha value is -1.60. The highest BCUT2D eigenvalue weighted by atomic mass is 19.4. The lowest BCUT2D eigenvalue weighted by Crippen LogP contribution is -2.46. The molecule has 1 aliphatic heterocycles. The van der Waals surface area contributed by atoms with Gasteiger partial charge >= 0.3 is 6.18 Å². The monoisotopic (exact) mass is 344 g/mol. The van der Waals surface area contributed by atoms with Gasteiger partial charge in [-0.2, -0.15) is 13.2 Å². The van der Waals surface area contributed by atoms with Crippen molar-refractivity contribution in [2.24, 2.45) is 0 Å². The molecule has 0 bridgehead atoms. The van der Waals surface area contributed by atoms with Crippen LogP contribution >= 0.6 is 0 Å². The van der Waals surface area contributed by atoms with Gasteiger partial charge in [0.25, 0.3) is 0 Å². The molecule has 24 heavy (non-hydrogen) atoms. The first kappa shape index (κ1) is 18.7. The van der Waals surface area contributed by atoms with Crippen molar-refractivity contribution in [2.75, 3.05) is 13.1 Å². The molecular weight excluding hydrogens is 321 g/mol. The lowest BCUT2D eigenvalue weighted by Gasteiger charge is -2.27. The summed E-state index contributed by atoms with van der Waals surface area (Å²) in [6.07, 6.45) is -4.77. The first-order valence-electron chi connectivity index (χ1n) is 7.86. The average Bonchev–Trinajstić information content (AvgIpc) is 2.76. The summed E-state index contributed by atoms with van der Waals surface area (Å²) < 4.78 is 38.7. The maximum atomic E-state index is 12.9. The molecule has 0 spiro atoms. The van der Waals surface area contributed by atoms with Crippen LogP contribution in [-0.2, 0) is 11.0 Å². The van der Waals surface area contributed by atoms with Crippen molar-refractivity contribution in [1.29, 1.82) is 0 Å². The quantitative estimate of drug-likeness (QED) is 0.886. The zero-order valence-electron chi connectivity index (χ0n) is 14.0. The smallest absolute Gasteiger partial charge is 0.392 e. The van der Waals surface area contributed by atoms with Crippen molar-refractivity contribution < 1.29 is 23.1 Å². The Balaban J connectivity index is 2.17. The third-order valence-electron chi connectivity index (χ3n) is 3.84. The van der Waals surface area contributed by atoms with Crippen LogP contribution in [0, 0.1) is 0 Å². The molecule has 1 saturated heterocycles. The third kappa shape index (κ3) is 4.95. The molecule has 1 amide bonds. The van der Waals surface area contributed by atoms with Gasteiger partial charge in [-0.1, -0.05) is 12.1 Å². The SMILES string of the molecule is CC(C)(C)NC(=O)CN1C[C@@H](O)C[C@@H]1c1cccc(C(F)(F)F)c1. The van der Waals surface area contributed by atoms with Crippen molar-refractivity contribution in [2.45, 2.75) is 51.1 Å². The molecule has 0 aromatic heterocycles. The van der Waals surface area contributed by atoms with Crippen LogP contribution in [0.25, 0.3) is 0 Å². The van der Waals surface area contributed by atoms with Crippen molar-refractivity contribution in [3.8, 4) is 0 Å². The zero-order chi connectivity index (χ0) is 18.1. The van der Waals surface area contributed by atoms with Gasteiger partial charge in [-0.25, -0.2) is 0 Å². The molecule has 2 rings (SSSR count). The molecule has 0 radical (unpaired) electrons. The van der Waals surface area contributed by atoms with Crippen LogP contribution in [0.2, 0.25) is 0 Å². The Morgan fingerprint density at radius 3 is 2.58 bits per heavy atom. The van der Waals surface area contributed by atoms with Gasteiger partial charge in [-0.05, 0) is 44.9 Å². The predicted molar refractivity (Wildman–Crippen MR) is 84.3 cm³/mol. The van der Waals surface area contributed by atoms with Crippen molar-refractivity contribution in [3.05, 3.63) is 35.4 Å². The van der Waals surface area contributed by atoms with E-state index in [9.17, 15) is 23.1 Å². The molecule has 1 aromatic carbocycles. The molecule has 2 atom stereocenters. The van der Waals surface area contributed by atoms with Crippen molar-refractivity contribution in [1.82, 2.24) is 10.2 Å². The first-order chi connectivity index (χ1) is 11.0. The van der Waals surface area contributed by atoms with E-state index in [1.54, 1.807) is 11.0 Å². The highest BCUT2D eigenvalue weighted by Crippen LogP contribution is 2.35. The van der Waals surface area contributed by atoms with Crippen LogP contribution in [0.1, 0.15) is 44.4 Å². The standard InChI is InChI=1S/C17H23F3N2O2/c1-16(2,3)21-15(24)10-22-9-13(23)8-14(22)11-5-4-6-12(7-11)17(18,19)20/h4-7,13-14,23H,8-10H2,1-3H3,(H,21,24)/t13-,14+/m0/s1. The van der Waals surface area contributed by atoms with Gasteiger partial charge in [0.2, 0.25) is 5.91 Å². The summed E-state index contributed by atoms with van der Waals surface area (Å²) in [5.74, 6) is -0.214. The second kappa shape index (κ2) is 6.72. The van der Waals surface area contributed by atoms with Gasteiger partial charge < -0.3 is 10.4 Å². The molecule has 7 heteroatoms. The number of hydrogen-bond acceptors (Lipinski definition) is 3. The highest BCUT2D eigenvalue weighted by molar-refractivity contribution is 5.78. The Labute approximate surface area is 139 Å². The normalized spacial score (nSPS) is 22.6. The fourth-order valence-corrected chi connectivity index (χ4v) is 2.97. The van der Waals surface area contributed by atoms with Gasteiger partial charge in [0.05, 0.1) is 18.2 Å². The number of carbonyl (C=O) groups is 1. The summed E-state index contributed by atoms with van der Waals surface area (Å²) in [6.45, 7) is 5.86. The maximum Gasteiger partial charge on any atom is 0.416 e. The Bertz CT molecular complexity index is 596. The molecule has 134 valence electrons. The number of benzene rings is 1. The molecule has 0 saturated carbocycles. The number of β-amino-alcohol motifs (C(OH)–C–C–N with tert-alkyl or cyclic N) is 1. The van der Waals surface area contributed by atoms with E-state index in [-0.39, 0.29) is 24.5 Å². The van der Waals surface area contributed by atoms with E-state index in [0.717, 1.165) is 12.1 Å². The molecule has 1 aliphatic rings. The van der Waals surface area contributed by atoms with Crippen LogP contribution in [-0.4, -0.2) is 40.6 Å². The summed E-state index contributed by atoms with van der Waals surface area (Å²) in [6, 6.07) is 4.67. The number of aliphatic hydroxyl groups excluding tert-OH is 1. The average molecular weight is 344 g/mol. The van der Waals surface area contributed by atoms with Crippen LogP contribution in [0.4, 0.5) is 13.2 Å². The van der Waals surface area contributed by atoms with Gasteiger partial charge in [-0.3, -0.25) is 9.69 Å². The molecule has 0 unspecified atom stereocenters. The van der Waals surface area contributed by atoms with E-state index >= 15 is 0 Å². The van der Waals surface area contributed by atoms with Crippen molar-refractivity contribution >= 4 is 5.91 Å². The lowest BCUT2D eigenvalue weighted by molar-refractivity contribution is -0.137. The first-order valence-corrected chi connectivity index (χ1v) is 7.86. The molecule has 4 nitrogen and oxygen atoms in total. The largest absolute Gasteiger partial charge is 0.416 e. The number of carbonyl (C=O) groups excluding carboxylic acids is 1. The molecular formula is C17H23F3N2O2. The molecule has 0 aliphatic carbocycles. The minimum atomic E-state index is -4.42. The van der Waals surface area contributed by atoms with Gasteiger partial charge in [0.15, 0.2) is 0 Å². The van der Waals surface area contributed by atoms with Gasteiger partial charge in [0.1, 0.15) is 0 Å². The maximum absolute atomic E-state index is 12.9. The minimum absolute atomic E-state index is 0.0369. The van der Waals surface area contributed by atoms with E-state index in [2.05, 4.69) is 5.32 Å². The van der Waals surface area contributed by atoms with Crippen LogP contribution in [0.15, 0.2) is 24.3 Å². The second-order valence-electron chi connectivity index (χ2n) is 7.26. The Kier molecular flexibility index (Phi) is 5.25. The van der Waals surface area contributed by atoms with E-state index < -0.39 is 23.9 Å². The fraction of sp³-hybridized carbons (Fsp3) is 0.588. The summed E-state index contributed by atoms with van der Waals surface area (Å²) in [7, 11) is 0. The Morgan fingerprint density at radius 2 is 2.00 bits per heavy atom. The van der Waals surface area contributed by atoms with E-state index in [0.29, 0.717) is 12.0 Å². The van der Waals surface area contributed by atoms with Crippen LogP contribution < -0.4 is 5.32 Å². The number of aliphatic hydroxyl groups is 1. The topological polar surface area (TPSA) is 52.6 Å². The van der Waals surface area contributed by atoms with E-state index in [4.69, 9.17) is 0 Å². The molecule has 1 fully saturated rings. The number of nitrogens with zero attached hydrogens (tertiary/aromatic N) is 1. The van der Waals surface area contributed by atoms with Crippen molar-refractivity contribution in [3.63, 3.8) is 0 Å². The summed E-state index contributed by atoms with van der Waals surface area (Å²) >= 11 is 0. The van der Waals surface area contributed by atoms with E-state index in [1.807, 2.05) is 20.8 Å². The molecule has 1 aromatic rings. The number of alkyl halides is 3. The van der Waals surface area contributed by atoms with Gasteiger partial charge in [-0.15, -0.1) is 0 Å². The number of nitrogens with one attached hydrogen (secondary N) is 1. The molecule has 2 N–H and O–H groups in total. The number of amides is 1. The van der Waals surface area contributed by atoms with Crippen LogP contribution in [0.3, 0.4) is 0 Å². The fourth-order valence-electron chi connectivity index (χ4n) is 2.97. The third-order valence-corrected chi connectivity index (χ3v) is 3.84. The summed E-state index contributed by atoms with van der Waals surface area (Å²) in [5.41, 5.74) is -0.647. The van der Waals surface area contributed by atoms with Gasteiger partial charge in [0, 0.05) is 18.1 Å². The number of likely N-dealkylation sites (tertiary alicyclic amines) is 1. The Morgan fingerprint density at radius 1 is 1.33 bits per heavy atom. The second-order valence-corrected chi connectivity index (χ2v) is 7.26. The van der Waals surface area contributed by atoms with E-state index in [1.165, 1.54) is 6.07 Å². The number of rotatable bonds is 3. The number of hydrogen-bond donors (Lipinski definition) is 2. The minimum Gasteiger partial charge on any atom is -0.392 e. The predicted octanol–water partition coefficient (Wildman–Crippen LogP) is 2.73. The number of halogens is 3. The zero-order valence-corrected chi connectivity index (χ0v) is 14.0. The molecule has 1 heterocycles. The van der Waals surface area contributed by atoms with Crippen LogP contribution in [0.5, 0.6) is 0 Å². The summed E-state index contributed by atoms with van der Waals surface area (Å²) in [4.78, 5) is 13.8.